The maximum absolute atomic E-state index is 12.4. The molecule has 2 heterocycles. The van der Waals surface area contributed by atoms with E-state index in [1.165, 1.54) is 42.6 Å². The summed E-state index contributed by atoms with van der Waals surface area (Å²) in [5, 5.41) is -0.176. The van der Waals surface area contributed by atoms with E-state index >= 15 is 0 Å². The van der Waals surface area contributed by atoms with Gasteiger partial charge in [0, 0.05) is 19.2 Å². The molecule has 138 valence electrons. The van der Waals surface area contributed by atoms with Crippen molar-refractivity contribution < 1.29 is 16.8 Å². The van der Waals surface area contributed by atoms with Crippen molar-refractivity contribution in [2.24, 2.45) is 4.99 Å². The Hall–Kier alpha value is -2.17. The zero-order valence-corrected chi connectivity index (χ0v) is 15.8. The van der Waals surface area contributed by atoms with Crippen LogP contribution in [0.2, 0.25) is 5.15 Å². The van der Waals surface area contributed by atoms with Crippen LogP contribution in [0.15, 0.2) is 57.4 Å². The molecule has 1 aromatic heterocycles. The lowest BCUT2D eigenvalue weighted by Gasteiger charge is -2.11. The molecule has 2 aromatic rings. The highest BCUT2D eigenvalue weighted by Crippen LogP contribution is 2.23. The molecule has 1 aromatic carbocycles. The van der Waals surface area contributed by atoms with Gasteiger partial charge in [0.2, 0.25) is 0 Å². The number of nitrogens with zero attached hydrogens (tertiary/aromatic N) is 2. The van der Waals surface area contributed by atoms with Gasteiger partial charge in [-0.2, -0.15) is 0 Å². The number of hydrogen-bond donors (Lipinski definition) is 2. The molecule has 0 atom stereocenters. The summed E-state index contributed by atoms with van der Waals surface area (Å²) in [4.78, 5) is 7.52. The van der Waals surface area contributed by atoms with Gasteiger partial charge in [-0.25, -0.2) is 21.8 Å². The zero-order valence-electron chi connectivity index (χ0n) is 13.4. The van der Waals surface area contributed by atoms with Crippen molar-refractivity contribution in [1.29, 1.82) is 0 Å². The topological polar surface area (TPSA) is 118 Å². The van der Waals surface area contributed by atoms with Crippen LogP contribution in [0, 0.1) is 0 Å². The highest BCUT2D eigenvalue weighted by molar-refractivity contribution is 7.93. The maximum atomic E-state index is 12.4. The van der Waals surface area contributed by atoms with Crippen molar-refractivity contribution in [3.63, 3.8) is 0 Å². The van der Waals surface area contributed by atoms with Crippen LogP contribution in [-0.2, 0) is 20.0 Å². The van der Waals surface area contributed by atoms with Crippen molar-refractivity contribution >= 4 is 43.2 Å². The molecule has 2 N–H and O–H groups in total. The molecule has 1 aliphatic rings. The van der Waals surface area contributed by atoms with E-state index in [-0.39, 0.29) is 20.6 Å². The number of hydrogen-bond acceptors (Lipinski definition) is 6. The Kier molecular flexibility index (Phi) is 5.17. The van der Waals surface area contributed by atoms with E-state index in [1.807, 2.05) is 0 Å². The van der Waals surface area contributed by atoms with Crippen LogP contribution < -0.4 is 9.44 Å². The van der Waals surface area contributed by atoms with Gasteiger partial charge in [0.25, 0.3) is 20.0 Å². The van der Waals surface area contributed by atoms with E-state index in [4.69, 9.17) is 11.6 Å². The van der Waals surface area contributed by atoms with Crippen LogP contribution >= 0.6 is 11.6 Å². The lowest BCUT2D eigenvalue weighted by molar-refractivity contribution is 0.591. The molecule has 11 heteroatoms. The molecular formula is C15H15ClN4O4S2. The van der Waals surface area contributed by atoms with Crippen LogP contribution in [0.3, 0.4) is 0 Å². The van der Waals surface area contributed by atoms with Gasteiger partial charge in [0.05, 0.1) is 10.6 Å². The van der Waals surface area contributed by atoms with Crippen LogP contribution in [-0.4, -0.2) is 34.2 Å². The van der Waals surface area contributed by atoms with Crippen LogP contribution in [0.4, 0.5) is 5.69 Å². The first-order chi connectivity index (χ1) is 12.3. The smallest absolute Gasteiger partial charge is 0.264 e. The average molecular weight is 415 g/mol. The number of aliphatic imine (C=N–C) groups is 1. The minimum absolute atomic E-state index is 0.0791. The quantitative estimate of drug-likeness (QED) is 0.725. The fourth-order valence-electron chi connectivity index (χ4n) is 2.35. The highest BCUT2D eigenvalue weighted by atomic mass is 35.5. The van der Waals surface area contributed by atoms with Crippen LogP contribution in [0.1, 0.15) is 12.8 Å². The van der Waals surface area contributed by atoms with Gasteiger partial charge >= 0.3 is 0 Å². The van der Waals surface area contributed by atoms with E-state index in [2.05, 4.69) is 19.4 Å². The summed E-state index contributed by atoms with van der Waals surface area (Å²) in [6.45, 7) is 0.587. The summed E-state index contributed by atoms with van der Waals surface area (Å²) in [7, 11) is -7.86. The lowest BCUT2D eigenvalue weighted by atomic mass is 10.3. The SMILES string of the molecule is O=S(=O)(NC1=NCCC1)c1cccc(NS(=O)(=O)c2cccnc2Cl)c1. The van der Waals surface area contributed by atoms with Crippen molar-refractivity contribution in [2.75, 3.05) is 11.3 Å². The van der Waals surface area contributed by atoms with E-state index in [0.717, 1.165) is 6.42 Å². The van der Waals surface area contributed by atoms with E-state index in [0.29, 0.717) is 18.8 Å². The molecule has 8 nitrogen and oxygen atoms in total. The second kappa shape index (κ2) is 7.22. The first kappa shape index (κ1) is 18.6. The highest BCUT2D eigenvalue weighted by Gasteiger charge is 2.21. The van der Waals surface area contributed by atoms with Gasteiger partial charge < -0.3 is 0 Å². The molecule has 0 radical (unpaired) electrons. The Morgan fingerprint density at radius 2 is 1.81 bits per heavy atom. The van der Waals surface area contributed by atoms with E-state index < -0.39 is 20.0 Å². The molecule has 0 unspecified atom stereocenters. The monoisotopic (exact) mass is 414 g/mol. The number of aromatic nitrogens is 1. The Morgan fingerprint density at radius 1 is 1.00 bits per heavy atom. The van der Waals surface area contributed by atoms with E-state index in [9.17, 15) is 16.8 Å². The number of halogens is 1. The zero-order chi connectivity index (χ0) is 18.8. The molecule has 0 bridgehead atoms. The first-order valence-corrected chi connectivity index (χ1v) is 10.9. The van der Waals surface area contributed by atoms with Crippen LogP contribution in [0.25, 0.3) is 0 Å². The third-order valence-electron chi connectivity index (χ3n) is 3.54. The third kappa shape index (κ3) is 4.14. The predicted molar refractivity (Wildman–Crippen MR) is 98.4 cm³/mol. The number of nitrogens with one attached hydrogen (secondary N) is 2. The molecular weight excluding hydrogens is 400 g/mol. The summed E-state index contributed by atoms with van der Waals surface area (Å²) in [6.07, 6.45) is 2.72. The summed E-state index contributed by atoms with van der Waals surface area (Å²) in [6, 6.07) is 8.21. The van der Waals surface area contributed by atoms with Gasteiger partial charge in [-0.1, -0.05) is 17.7 Å². The Bertz CT molecular complexity index is 1070. The van der Waals surface area contributed by atoms with Gasteiger partial charge in [-0.3, -0.25) is 14.4 Å². The molecule has 0 fully saturated rings. The third-order valence-corrected chi connectivity index (χ3v) is 6.74. The standard InChI is InChI=1S/C15H15ClN4O4S2/c16-15-13(6-2-9-18-15)26(23,24)19-11-4-1-5-12(10-11)25(21,22)20-14-7-3-8-17-14/h1-2,4-6,9-10,19H,3,7-8H2,(H,17,20). The number of pyridine rings is 1. The normalized spacial score (nSPS) is 14.7. The van der Waals surface area contributed by atoms with Crippen LogP contribution in [0.5, 0.6) is 0 Å². The fourth-order valence-corrected chi connectivity index (χ4v) is 4.98. The van der Waals surface area contributed by atoms with Crippen molar-refractivity contribution in [2.45, 2.75) is 22.6 Å². The molecule has 1 aliphatic heterocycles. The summed E-state index contributed by atoms with van der Waals surface area (Å²) in [5.41, 5.74) is 0.0844. The first-order valence-electron chi connectivity index (χ1n) is 7.57. The molecule has 0 saturated carbocycles. The summed E-state index contributed by atoms with van der Waals surface area (Å²) in [5.74, 6) is 0.401. The Morgan fingerprint density at radius 3 is 2.50 bits per heavy atom. The second-order valence-electron chi connectivity index (χ2n) is 5.46. The van der Waals surface area contributed by atoms with Gasteiger partial charge in [-0.15, -0.1) is 0 Å². The van der Waals surface area contributed by atoms with Gasteiger partial charge in [0.15, 0.2) is 0 Å². The molecule has 3 rings (SSSR count). The van der Waals surface area contributed by atoms with Gasteiger partial charge in [0.1, 0.15) is 15.9 Å². The lowest BCUT2D eigenvalue weighted by Crippen LogP contribution is -2.29. The maximum Gasteiger partial charge on any atom is 0.264 e. The number of anilines is 1. The van der Waals surface area contributed by atoms with Crippen molar-refractivity contribution in [3.8, 4) is 0 Å². The molecule has 0 aliphatic carbocycles. The van der Waals surface area contributed by atoms with Gasteiger partial charge in [-0.05, 0) is 36.8 Å². The summed E-state index contributed by atoms with van der Waals surface area (Å²) < 4.78 is 54.5. The van der Waals surface area contributed by atoms with E-state index in [1.54, 1.807) is 0 Å². The minimum Gasteiger partial charge on any atom is -0.279 e. The molecule has 26 heavy (non-hydrogen) atoms. The summed E-state index contributed by atoms with van der Waals surface area (Å²) >= 11 is 5.82. The van der Waals surface area contributed by atoms with Crippen molar-refractivity contribution in [1.82, 2.24) is 9.71 Å². The Labute approximate surface area is 156 Å². The Balaban J connectivity index is 1.87. The molecule has 0 spiro atoms. The predicted octanol–water partition coefficient (Wildman–Crippen LogP) is 2.01. The fraction of sp³-hybridized carbons (Fsp3) is 0.200. The minimum atomic E-state index is -4.01. The number of benzene rings is 1. The molecule has 0 amide bonds. The average Bonchev–Trinajstić information content (AvgIpc) is 3.07. The second-order valence-corrected chi connectivity index (χ2v) is 9.15. The number of sulfonamides is 2. The largest absolute Gasteiger partial charge is 0.279 e. The van der Waals surface area contributed by atoms with Crippen molar-refractivity contribution in [3.05, 3.63) is 47.7 Å². The molecule has 0 saturated heterocycles. The number of rotatable bonds is 5. The number of amidine groups is 1.